The van der Waals surface area contributed by atoms with Gasteiger partial charge in [-0.25, -0.2) is 0 Å². The summed E-state index contributed by atoms with van der Waals surface area (Å²) in [7, 11) is 0. The smallest absolute Gasteiger partial charge is 0.258 e. The van der Waals surface area contributed by atoms with E-state index in [0.29, 0.717) is 13.2 Å². The lowest BCUT2D eigenvalue weighted by Crippen LogP contribution is -2.32. The van der Waals surface area contributed by atoms with E-state index < -0.39 is 0 Å². The van der Waals surface area contributed by atoms with Crippen LogP contribution < -0.4 is 14.8 Å². The van der Waals surface area contributed by atoms with E-state index in [1.807, 2.05) is 39.0 Å². The minimum atomic E-state index is -0.148. The quantitative estimate of drug-likeness (QED) is 0.688. The molecule has 0 aliphatic heterocycles. The van der Waals surface area contributed by atoms with E-state index in [-0.39, 0.29) is 12.5 Å². The van der Waals surface area contributed by atoms with Crippen LogP contribution in [-0.2, 0) is 11.2 Å². The number of ether oxygens (including phenoxy) is 2. The van der Waals surface area contributed by atoms with Crippen molar-refractivity contribution in [3.63, 3.8) is 0 Å². The van der Waals surface area contributed by atoms with Gasteiger partial charge in [0, 0.05) is 0 Å². The SMILES string of the molecule is CCCc1ccc(OCCNC(=O)COc2cc(C)cc(C)c2C)cc1. The predicted molar refractivity (Wildman–Crippen MR) is 105 cm³/mol. The van der Waals surface area contributed by atoms with Gasteiger partial charge in [-0.15, -0.1) is 0 Å². The van der Waals surface area contributed by atoms with Crippen LogP contribution in [0.15, 0.2) is 36.4 Å². The van der Waals surface area contributed by atoms with Gasteiger partial charge in [0.05, 0.1) is 6.54 Å². The average Bonchev–Trinajstić information content (AvgIpc) is 2.62. The Kier molecular flexibility index (Phi) is 7.52. The lowest BCUT2D eigenvalue weighted by Gasteiger charge is -2.12. The Morgan fingerprint density at radius 2 is 1.77 bits per heavy atom. The molecule has 0 aromatic heterocycles. The molecule has 0 atom stereocenters. The van der Waals surface area contributed by atoms with E-state index in [1.165, 1.54) is 11.1 Å². The van der Waals surface area contributed by atoms with Crippen LogP contribution >= 0.6 is 0 Å². The van der Waals surface area contributed by atoms with Crippen molar-refractivity contribution in [2.24, 2.45) is 0 Å². The summed E-state index contributed by atoms with van der Waals surface area (Å²) in [5, 5.41) is 2.81. The van der Waals surface area contributed by atoms with E-state index in [0.717, 1.165) is 35.5 Å². The minimum Gasteiger partial charge on any atom is -0.492 e. The van der Waals surface area contributed by atoms with E-state index in [4.69, 9.17) is 9.47 Å². The highest BCUT2D eigenvalue weighted by atomic mass is 16.5. The van der Waals surface area contributed by atoms with Crippen molar-refractivity contribution >= 4 is 5.91 Å². The summed E-state index contributed by atoms with van der Waals surface area (Å²) in [6, 6.07) is 12.2. The molecule has 4 heteroatoms. The summed E-state index contributed by atoms with van der Waals surface area (Å²) in [6.07, 6.45) is 2.21. The topological polar surface area (TPSA) is 47.6 Å². The number of hydrogen-bond acceptors (Lipinski definition) is 3. The molecule has 0 saturated heterocycles. The van der Waals surface area contributed by atoms with E-state index in [1.54, 1.807) is 0 Å². The number of rotatable bonds is 9. The Labute approximate surface area is 156 Å². The molecule has 2 rings (SSSR count). The molecular weight excluding hydrogens is 326 g/mol. The maximum atomic E-state index is 11.9. The van der Waals surface area contributed by atoms with Crippen LogP contribution in [0.2, 0.25) is 0 Å². The molecule has 0 unspecified atom stereocenters. The Hall–Kier alpha value is -2.49. The third kappa shape index (κ3) is 6.10. The molecule has 2 aromatic carbocycles. The highest BCUT2D eigenvalue weighted by Gasteiger charge is 2.07. The summed E-state index contributed by atoms with van der Waals surface area (Å²) in [5.74, 6) is 1.44. The molecule has 0 bridgehead atoms. The zero-order chi connectivity index (χ0) is 18.9. The van der Waals surface area contributed by atoms with Crippen LogP contribution in [0.25, 0.3) is 0 Å². The van der Waals surface area contributed by atoms with Gasteiger partial charge in [-0.05, 0) is 67.6 Å². The van der Waals surface area contributed by atoms with Gasteiger partial charge in [-0.1, -0.05) is 31.5 Å². The zero-order valence-electron chi connectivity index (χ0n) is 16.2. The number of aryl methyl sites for hydroxylation is 3. The Morgan fingerprint density at radius 1 is 1.04 bits per heavy atom. The highest BCUT2D eigenvalue weighted by molar-refractivity contribution is 5.77. The Bertz CT molecular complexity index is 723. The van der Waals surface area contributed by atoms with Gasteiger partial charge in [0.15, 0.2) is 6.61 Å². The second kappa shape index (κ2) is 9.85. The fraction of sp³-hybridized carbons (Fsp3) is 0.409. The molecule has 0 aliphatic rings. The van der Waals surface area contributed by atoms with Crippen molar-refractivity contribution in [2.45, 2.75) is 40.5 Å². The summed E-state index contributed by atoms with van der Waals surface area (Å²) in [4.78, 5) is 11.9. The third-order valence-electron chi connectivity index (χ3n) is 4.28. The lowest BCUT2D eigenvalue weighted by molar-refractivity contribution is -0.123. The van der Waals surface area contributed by atoms with Crippen molar-refractivity contribution in [3.8, 4) is 11.5 Å². The van der Waals surface area contributed by atoms with E-state index >= 15 is 0 Å². The van der Waals surface area contributed by atoms with Crippen molar-refractivity contribution in [1.29, 1.82) is 0 Å². The molecule has 0 radical (unpaired) electrons. The van der Waals surface area contributed by atoms with Gasteiger partial charge >= 0.3 is 0 Å². The van der Waals surface area contributed by atoms with Crippen LogP contribution in [-0.4, -0.2) is 25.7 Å². The maximum Gasteiger partial charge on any atom is 0.258 e. The van der Waals surface area contributed by atoms with Gasteiger partial charge in [-0.2, -0.15) is 0 Å². The predicted octanol–water partition coefficient (Wildman–Crippen LogP) is 4.14. The third-order valence-corrected chi connectivity index (χ3v) is 4.28. The van der Waals surface area contributed by atoms with Gasteiger partial charge in [0.25, 0.3) is 5.91 Å². The average molecular weight is 355 g/mol. The van der Waals surface area contributed by atoms with Crippen LogP contribution in [0.1, 0.15) is 35.6 Å². The maximum absolute atomic E-state index is 11.9. The highest BCUT2D eigenvalue weighted by Crippen LogP contribution is 2.23. The Balaban J connectivity index is 1.69. The molecule has 0 spiro atoms. The first kappa shape index (κ1) is 19.8. The summed E-state index contributed by atoms with van der Waals surface area (Å²) in [5.41, 5.74) is 4.67. The molecule has 2 aromatic rings. The lowest BCUT2D eigenvalue weighted by atomic mass is 10.1. The van der Waals surface area contributed by atoms with Crippen LogP contribution in [0.4, 0.5) is 0 Å². The van der Waals surface area contributed by atoms with E-state index in [9.17, 15) is 4.79 Å². The second-order valence-electron chi connectivity index (χ2n) is 6.59. The number of amides is 1. The number of carbonyl (C=O) groups is 1. The fourth-order valence-electron chi connectivity index (χ4n) is 2.75. The normalized spacial score (nSPS) is 10.5. The van der Waals surface area contributed by atoms with Crippen LogP contribution in [0.3, 0.4) is 0 Å². The van der Waals surface area contributed by atoms with E-state index in [2.05, 4.69) is 30.4 Å². The Morgan fingerprint density at radius 3 is 2.46 bits per heavy atom. The zero-order valence-corrected chi connectivity index (χ0v) is 16.2. The molecule has 1 amide bonds. The molecule has 0 heterocycles. The first-order valence-corrected chi connectivity index (χ1v) is 9.18. The number of benzene rings is 2. The summed E-state index contributed by atoms with van der Waals surface area (Å²) < 4.78 is 11.3. The molecule has 0 fully saturated rings. The fourth-order valence-corrected chi connectivity index (χ4v) is 2.75. The summed E-state index contributed by atoms with van der Waals surface area (Å²) >= 11 is 0. The molecule has 1 N–H and O–H groups in total. The van der Waals surface area contributed by atoms with Crippen molar-refractivity contribution in [3.05, 3.63) is 58.7 Å². The monoisotopic (exact) mass is 355 g/mol. The second-order valence-corrected chi connectivity index (χ2v) is 6.59. The van der Waals surface area contributed by atoms with Crippen LogP contribution in [0.5, 0.6) is 11.5 Å². The molecule has 140 valence electrons. The van der Waals surface area contributed by atoms with Gasteiger partial charge in [-0.3, -0.25) is 4.79 Å². The number of hydrogen-bond donors (Lipinski definition) is 1. The molecule has 4 nitrogen and oxygen atoms in total. The molecule has 0 saturated carbocycles. The van der Waals surface area contributed by atoms with Crippen LogP contribution in [0, 0.1) is 20.8 Å². The largest absolute Gasteiger partial charge is 0.492 e. The molecule has 0 aliphatic carbocycles. The van der Waals surface area contributed by atoms with Gasteiger partial charge < -0.3 is 14.8 Å². The first-order chi connectivity index (χ1) is 12.5. The van der Waals surface area contributed by atoms with Gasteiger partial charge in [0.2, 0.25) is 0 Å². The number of carbonyl (C=O) groups excluding carboxylic acids is 1. The van der Waals surface area contributed by atoms with Crippen molar-refractivity contribution in [2.75, 3.05) is 19.8 Å². The molecule has 26 heavy (non-hydrogen) atoms. The first-order valence-electron chi connectivity index (χ1n) is 9.18. The van der Waals surface area contributed by atoms with Crippen molar-refractivity contribution < 1.29 is 14.3 Å². The van der Waals surface area contributed by atoms with Crippen molar-refractivity contribution in [1.82, 2.24) is 5.32 Å². The standard InChI is InChI=1S/C22H29NO3/c1-5-6-19-7-9-20(10-8-19)25-12-11-23-22(24)15-26-21-14-16(2)13-17(3)18(21)4/h7-10,13-14H,5-6,11-12,15H2,1-4H3,(H,23,24). The number of nitrogens with one attached hydrogen (secondary N) is 1. The summed E-state index contributed by atoms with van der Waals surface area (Å²) in [6.45, 7) is 9.12. The molecular formula is C22H29NO3. The minimum absolute atomic E-state index is 0.00937. The van der Waals surface area contributed by atoms with Gasteiger partial charge in [0.1, 0.15) is 18.1 Å².